The van der Waals surface area contributed by atoms with E-state index in [0.29, 0.717) is 12.4 Å². The zero-order chi connectivity index (χ0) is 12.9. The van der Waals surface area contributed by atoms with Crippen molar-refractivity contribution in [3.63, 3.8) is 0 Å². The molecule has 5 nitrogen and oxygen atoms in total. The van der Waals surface area contributed by atoms with Gasteiger partial charge in [-0.3, -0.25) is 0 Å². The SMILES string of the molecule is COCCNS(=O)(=O)c1ccc(OC)c(I)c1. The van der Waals surface area contributed by atoms with Crippen LogP contribution < -0.4 is 9.46 Å². The van der Waals surface area contributed by atoms with E-state index in [-0.39, 0.29) is 11.4 Å². The summed E-state index contributed by atoms with van der Waals surface area (Å²) in [4.78, 5) is 0.221. The van der Waals surface area contributed by atoms with Crippen LogP contribution in [0.4, 0.5) is 0 Å². The van der Waals surface area contributed by atoms with Gasteiger partial charge in [0.15, 0.2) is 0 Å². The number of sulfonamides is 1. The zero-order valence-electron chi connectivity index (χ0n) is 9.57. The average molecular weight is 371 g/mol. The molecule has 0 atom stereocenters. The van der Waals surface area contributed by atoms with Crippen molar-refractivity contribution in [3.05, 3.63) is 21.8 Å². The number of methoxy groups -OCH3 is 2. The summed E-state index contributed by atoms with van der Waals surface area (Å²) >= 11 is 2.03. The molecule has 0 bridgehead atoms. The van der Waals surface area contributed by atoms with Crippen molar-refractivity contribution in [2.24, 2.45) is 0 Å². The minimum atomic E-state index is -3.47. The molecular formula is C10H14INO4S. The summed E-state index contributed by atoms with van der Waals surface area (Å²) in [6.45, 7) is 0.591. The Balaban J connectivity index is 2.88. The van der Waals surface area contributed by atoms with Gasteiger partial charge in [-0.2, -0.15) is 0 Å². The molecular weight excluding hydrogens is 357 g/mol. The van der Waals surface area contributed by atoms with Crippen molar-refractivity contribution in [2.45, 2.75) is 4.90 Å². The van der Waals surface area contributed by atoms with Gasteiger partial charge < -0.3 is 9.47 Å². The summed E-state index contributed by atoms with van der Waals surface area (Å²) in [5, 5.41) is 0. The van der Waals surface area contributed by atoms with Crippen LogP contribution in [-0.4, -0.2) is 35.8 Å². The monoisotopic (exact) mass is 371 g/mol. The van der Waals surface area contributed by atoms with E-state index in [0.717, 1.165) is 3.57 Å². The van der Waals surface area contributed by atoms with E-state index in [1.165, 1.54) is 13.2 Å². The largest absolute Gasteiger partial charge is 0.496 e. The highest BCUT2D eigenvalue weighted by Crippen LogP contribution is 2.23. The minimum Gasteiger partial charge on any atom is -0.496 e. The van der Waals surface area contributed by atoms with E-state index >= 15 is 0 Å². The van der Waals surface area contributed by atoms with Gasteiger partial charge in [-0.25, -0.2) is 13.1 Å². The third-order valence-corrected chi connectivity index (χ3v) is 4.33. The molecule has 1 aromatic carbocycles. The summed E-state index contributed by atoms with van der Waals surface area (Å²) in [5.41, 5.74) is 0. The molecule has 17 heavy (non-hydrogen) atoms. The first-order valence-corrected chi connectivity index (χ1v) is 7.39. The molecule has 0 amide bonds. The van der Waals surface area contributed by atoms with E-state index in [1.807, 2.05) is 22.6 Å². The van der Waals surface area contributed by atoms with Crippen molar-refractivity contribution in [1.82, 2.24) is 4.72 Å². The fourth-order valence-electron chi connectivity index (χ4n) is 1.18. The molecule has 0 unspecified atom stereocenters. The van der Waals surface area contributed by atoms with Crippen molar-refractivity contribution in [2.75, 3.05) is 27.4 Å². The van der Waals surface area contributed by atoms with E-state index in [1.54, 1.807) is 19.2 Å². The van der Waals surface area contributed by atoms with E-state index in [4.69, 9.17) is 9.47 Å². The molecule has 96 valence electrons. The molecule has 0 saturated heterocycles. The second kappa shape index (κ2) is 6.53. The number of ether oxygens (including phenoxy) is 2. The third-order valence-electron chi connectivity index (χ3n) is 2.03. The van der Waals surface area contributed by atoms with Crippen molar-refractivity contribution < 1.29 is 17.9 Å². The smallest absolute Gasteiger partial charge is 0.240 e. The second-order valence-corrected chi connectivity index (χ2v) is 6.12. The first-order valence-electron chi connectivity index (χ1n) is 4.83. The van der Waals surface area contributed by atoms with Crippen LogP contribution in [0.15, 0.2) is 23.1 Å². The predicted molar refractivity (Wildman–Crippen MR) is 72.8 cm³/mol. The van der Waals surface area contributed by atoms with Crippen molar-refractivity contribution in [3.8, 4) is 5.75 Å². The lowest BCUT2D eigenvalue weighted by Crippen LogP contribution is -2.27. The molecule has 7 heteroatoms. The first kappa shape index (κ1) is 14.7. The van der Waals surface area contributed by atoms with Gasteiger partial charge in [-0.15, -0.1) is 0 Å². The fourth-order valence-corrected chi connectivity index (χ4v) is 3.16. The van der Waals surface area contributed by atoms with Gasteiger partial charge in [0.2, 0.25) is 10.0 Å². The molecule has 1 N–H and O–H groups in total. The van der Waals surface area contributed by atoms with Gasteiger partial charge in [0, 0.05) is 13.7 Å². The molecule has 0 spiro atoms. The van der Waals surface area contributed by atoms with Gasteiger partial charge in [-0.05, 0) is 40.8 Å². The lowest BCUT2D eigenvalue weighted by Gasteiger charge is -2.08. The van der Waals surface area contributed by atoms with Gasteiger partial charge in [-0.1, -0.05) is 0 Å². The Morgan fingerprint density at radius 3 is 2.59 bits per heavy atom. The molecule has 0 heterocycles. The lowest BCUT2D eigenvalue weighted by molar-refractivity contribution is 0.204. The van der Waals surface area contributed by atoms with Crippen molar-refractivity contribution in [1.29, 1.82) is 0 Å². The molecule has 0 aromatic heterocycles. The zero-order valence-corrected chi connectivity index (χ0v) is 12.5. The number of hydrogen-bond donors (Lipinski definition) is 1. The molecule has 0 fully saturated rings. The number of halogens is 1. The summed E-state index contributed by atoms with van der Waals surface area (Å²) in [6.07, 6.45) is 0. The maximum atomic E-state index is 11.8. The number of hydrogen-bond acceptors (Lipinski definition) is 4. The standard InChI is InChI=1S/C10H14INO4S/c1-15-6-5-12-17(13,14)8-3-4-10(16-2)9(11)7-8/h3-4,7,12H,5-6H2,1-2H3. The van der Waals surface area contributed by atoms with Crippen LogP contribution in [0.1, 0.15) is 0 Å². The Hall–Kier alpha value is -0.380. The Morgan fingerprint density at radius 2 is 2.06 bits per heavy atom. The third kappa shape index (κ3) is 4.09. The average Bonchev–Trinajstić information content (AvgIpc) is 2.29. The van der Waals surface area contributed by atoms with Crippen LogP contribution in [0.25, 0.3) is 0 Å². The molecule has 1 rings (SSSR count). The van der Waals surface area contributed by atoms with Gasteiger partial charge in [0.05, 0.1) is 22.2 Å². The lowest BCUT2D eigenvalue weighted by atomic mass is 10.3. The Morgan fingerprint density at radius 1 is 1.35 bits per heavy atom. The van der Waals surface area contributed by atoms with Gasteiger partial charge >= 0.3 is 0 Å². The maximum absolute atomic E-state index is 11.8. The van der Waals surface area contributed by atoms with E-state index in [2.05, 4.69) is 4.72 Å². The second-order valence-electron chi connectivity index (χ2n) is 3.19. The minimum absolute atomic E-state index is 0.221. The predicted octanol–water partition coefficient (Wildman–Crippen LogP) is 1.22. The van der Waals surface area contributed by atoms with Crippen LogP contribution in [0.5, 0.6) is 5.75 Å². The highest BCUT2D eigenvalue weighted by atomic mass is 127. The van der Waals surface area contributed by atoms with E-state index in [9.17, 15) is 8.42 Å². The molecule has 0 saturated carbocycles. The molecule has 0 radical (unpaired) electrons. The first-order chi connectivity index (χ1) is 8.01. The van der Waals surface area contributed by atoms with Gasteiger partial charge in [0.25, 0.3) is 0 Å². The normalized spacial score (nSPS) is 11.5. The number of benzene rings is 1. The summed E-state index contributed by atoms with van der Waals surface area (Å²) in [6, 6.07) is 4.71. The Labute approximate surface area is 115 Å². The van der Waals surface area contributed by atoms with Crippen LogP contribution >= 0.6 is 22.6 Å². The fraction of sp³-hybridized carbons (Fsp3) is 0.400. The molecule has 0 aliphatic carbocycles. The number of nitrogens with one attached hydrogen (secondary N) is 1. The highest BCUT2D eigenvalue weighted by molar-refractivity contribution is 14.1. The Kier molecular flexibility index (Phi) is 5.63. The molecule has 0 aliphatic heterocycles. The van der Waals surface area contributed by atoms with Gasteiger partial charge in [0.1, 0.15) is 5.75 Å². The highest BCUT2D eigenvalue weighted by Gasteiger charge is 2.14. The summed E-state index contributed by atoms with van der Waals surface area (Å²) in [5.74, 6) is 0.654. The molecule has 0 aliphatic rings. The number of rotatable bonds is 6. The Bertz CT molecular complexity index is 475. The quantitative estimate of drug-likeness (QED) is 0.604. The topological polar surface area (TPSA) is 64.6 Å². The van der Waals surface area contributed by atoms with Crippen LogP contribution in [0.2, 0.25) is 0 Å². The van der Waals surface area contributed by atoms with Crippen LogP contribution in [0.3, 0.4) is 0 Å². The van der Waals surface area contributed by atoms with Crippen LogP contribution in [0, 0.1) is 3.57 Å². The molecule has 1 aromatic rings. The summed E-state index contributed by atoms with van der Waals surface area (Å²) in [7, 11) is -0.408. The van der Waals surface area contributed by atoms with E-state index < -0.39 is 10.0 Å². The maximum Gasteiger partial charge on any atom is 0.240 e. The summed E-state index contributed by atoms with van der Waals surface area (Å²) < 4.78 is 36.7. The van der Waals surface area contributed by atoms with Crippen LogP contribution in [-0.2, 0) is 14.8 Å². The van der Waals surface area contributed by atoms with Crippen molar-refractivity contribution >= 4 is 32.6 Å².